The quantitative estimate of drug-likeness (QED) is 0.0262. The maximum absolute atomic E-state index is 12.8. The van der Waals surface area contributed by atoms with E-state index in [0.717, 1.165) is 96.3 Å². The van der Waals surface area contributed by atoms with E-state index in [-0.39, 0.29) is 31.1 Å². The topological polar surface area (TPSA) is 78.9 Å². The van der Waals surface area contributed by atoms with Crippen molar-refractivity contribution >= 4 is 17.9 Å². The van der Waals surface area contributed by atoms with Crippen LogP contribution in [-0.2, 0) is 28.6 Å². The Bertz CT molecular complexity index is 1210. The number of allylic oxidation sites excluding steroid dienone is 10. The second-order valence-corrected chi connectivity index (χ2v) is 19.2. The van der Waals surface area contributed by atoms with Gasteiger partial charge in [-0.3, -0.25) is 14.4 Å². The maximum atomic E-state index is 12.8. The van der Waals surface area contributed by atoms with Crippen molar-refractivity contribution < 1.29 is 28.6 Å². The Morgan fingerprint density at radius 1 is 0.313 bits per heavy atom. The Hall–Kier alpha value is -2.89. The van der Waals surface area contributed by atoms with Crippen LogP contribution < -0.4 is 0 Å². The number of esters is 3. The molecule has 6 heteroatoms. The molecule has 0 heterocycles. The largest absolute Gasteiger partial charge is 0.462 e. The van der Waals surface area contributed by atoms with Crippen molar-refractivity contribution in [1.29, 1.82) is 0 Å². The highest BCUT2D eigenvalue weighted by Gasteiger charge is 2.19. The number of ether oxygens (including phenoxy) is 3. The lowest BCUT2D eigenvalue weighted by Crippen LogP contribution is -2.30. The third kappa shape index (κ3) is 53.9. The normalized spacial score (nSPS) is 12.5. The van der Waals surface area contributed by atoms with Crippen LogP contribution in [0, 0.1) is 0 Å². The lowest BCUT2D eigenvalue weighted by Gasteiger charge is -2.18. The lowest BCUT2D eigenvalue weighted by molar-refractivity contribution is -0.167. The smallest absolute Gasteiger partial charge is 0.306 e. The standard InChI is InChI=1S/C61H108O6/c1-4-7-10-13-16-19-22-25-27-28-29-30-31-32-34-36-39-42-45-48-51-54-60(63)66-57-58(56-65-59(62)53-50-47-44-41-38-35-24-21-18-15-12-9-6-3)67-61(64)55-52-49-46-43-40-37-33-26-23-20-17-14-11-8-5-2/h9,12,18,21,26,28-29,33,35,38,58H,4-8,10-11,13-17,19-20,22-25,27,30-32,34,36-37,39-57H2,1-3H3/b12-9-,21-18-,29-28-,33-26-,38-35-. The molecule has 0 fully saturated rings. The van der Waals surface area contributed by atoms with Crippen LogP contribution in [0.15, 0.2) is 60.8 Å². The highest BCUT2D eigenvalue weighted by Crippen LogP contribution is 2.15. The second kappa shape index (κ2) is 55.7. The number of hydrogen-bond acceptors (Lipinski definition) is 6. The summed E-state index contributed by atoms with van der Waals surface area (Å²) in [6.07, 6.45) is 69.3. The first-order valence-electron chi connectivity index (χ1n) is 28.8. The molecule has 0 saturated carbocycles. The Kier molecular flexibility index (Phi) is 53.3. The first-order valence-corrected chi connectivity index (χ1v) is 28.8. The summed E-state index contributed by atoms with van der Waals surface area (Å²) >= 11 is 0. The molecule has 0 aromatic heterocycles. The second-order valence-electron chi connectivity index (χ2n) is 19.2. The molecule has 0 spiro atoms. The van der Waals surface area contributed by atoms with Crippen molar-refractivity contribution in [2.75, 3.05) is 13.2 Å². The summed E-state index contributed by atoms with van der Waals surface area (Å²) in [5.74, 6) is -0.919. The summed E-state index contributed by atoms with van der Waals surface area (Å²) in [4.78, 5) is 38.1. The van der Waals surface area contributed by atoms with Gasteiger partial charge in [0.1, 0.15) is 13.2 Å². The average Bonchev–Trinajstić information content (AvgIpc) is 3.33. The summed E-state index contributed by atoms with van der Waals surface area (Å²) in [6.45, 7) is 6.51. The third-order valence-corrected chi connectivity index (χ3v) is 12.5. The number of carbonyl (C=O) groups is 3. The predicted octanol–water partition coefficient (Wildman–Crippen LogP) is 19.2. The van der Waals surface area contributed by atoms with Gasteiger partial charge < -0.3 is 14.2 Å². The van der Waals surface area contributed by atoms with Crippen LogP contribution in [0.4, 0.5) is 0 Å². The molecule has 0 aliphatic rings. The van der Waals surface area contributed by atoms with Crippen LogP contribution in [0.1, 0.15) is 290 Å². The summed E-state index contributed by atoms with van der Waals surface area (Å²) in [5, 5.41) is 0. The van der Waals surface area contributed by atoms with E-state index in [9.17, 15) is 14.4 Å². The number of rotatable bonds is 52. The van der Waals surface area contributed by atoms with Gasteiger partial charge in [0.15, 0.2) is 6.10 Å². The van der Waals surface area contributed by atoms with Gasteiger partial charge in [-0.2, -0.15) is 0 Å². The van der Waals surface area contributed by atoms with E-state index in [1.807, 2.05) is 0 Å². The van der Waals surface area contributed by atoms with Crippen molar-refractivity contribution in [3.8, 4) is 0 Å². The van der Waals surface area contributed by atoms with Crippen LogP contribution in [0.25, 0.3) is 0 Å². The summed E-state index contributed by atoms with van der Waals surface area (Å²) in [6, 6.07) is 0. The fraction of sp³-hybridized carbons (Fsp3) is 0.787. The number of hydrogen-bond donors (Lipinski definition) is 0. The first kappa shape index (κ1) is 64.1. The van der Waals surface area contributed by atoms with Gasteiger partial charge >= 0.3 is 17.9 Å². The molecule has 0 aromatic rings. The number of unbranched alkanes of at least 4 members (excludes halogenated alkanes) is 31. The lowest BCUT2D eigenvalue weighted by atomic mass is 10.1. The molecular formula is C61H108O6. The summed E-state index contributed by atoms with van der Waals surface area (Å²) in [7, 11) is 0. The minimum absolute atomic E-state index is 0.0871. The van der Waals surface area contributed by atoms with Crippen molar-refractivity contribution in [3.63, 3.8) is 0 Å². The van der Waals surface area contributed by atoms with Crippen molar-refractivity contribution in [2.45, 2.75) is 297 Å². The van der Waals surface area contributed by atoms with Crippen LogP contribution >= 0.6 is 0 Å². The van der Waals surface area contributed by atoms with E-state index < -0.39 is 6.10 Å². The minimum Gasteiger partial charge on any atom is -0.462 e. The van der Waals surface area contributed by atoms with Gasteiger partial charge in [-0.15, -0.1) is 0 Å². The molecule has 1 atom stereocenters. The SMILES string of the molecule is CC/C=C\C/C=C\C/C=C\CCCCCC(=O)OCC(COC(=O)CCCCCCCCCCC/C=C\CCCCCCCCCC)OC(=O)CCCCCCC/C=C\CCCCCCCC. The molecule has 388 valence electrons. The van der Waals surface area contributed by atoms with Crippen LogP contribution in [-0.4, -0.2) is 37.2 Å². The van der Waals surface area contributed by atoms with Crippen molar-refractivity contribution in [3.05, 3.63) is 60.8 Å². The van der Waals surface area contributed by atoms with E-state index in [4.69, 9.17) is 14.2 Å². The Balaban J connectivity index is 4.35. The monoisotopic (exact) mass is 937 g/mol. The van der Waals surface area contributed by atoms with Gasteiger partial charge in [0.2, 0.25) is 0 Å². The van der Waals surface area contributed by atoms with Gasteiger partial charge in [0.25, 0.3) is 0 Å². The molecule has 0 bridgehead atoms. The summed E-state index contributed by atoms with van der Waals surface area (Å²) in [5.41, 5.74) is 0. The summed E-state index contributed by atoms with van der Waals surface area (Å²) < 4.78 is 16.8. The van der Waals surface area contributed by atoms with Gasteiger partial charge in [-0.25, -0.2) is 0 Å². The minimum atomic E-state index is -0.791. The van der Waals surface area contributed by atoms with E-state index in [0.29, 0.717) is 19.3 Å². The zero-order valence-electron chi connectivity index (χ0n) is 44.4. The zero-order valence-corrected chi connectivity index (χ0v) is 44.4. The number of carbonyl (C=O) groups excluding carboxylic acids is 3. The molecule has 0 radical (unpaired) electrons. The van der Waals surface area contributed by atoms with Crippen molar-refractivity contribution in [2.24, 2.45) is 0 Å². The molecule has 6 nitrogen and oxygen atoms in total. The maximum Gasteiger partial charge on any atom is 0.306 e. The van der Waals surface area contributed by atoms with Gasteiger partial charge in [-0.05, 0) is 103 Å². The molecule has 0 saturated heterocycles. The zero-order chi connectivity index (χ0) is 48.6. The molecule has 0 aliphatic carbocycles. The molecular weight excluding hydrogens is 829 g/mol. The average molecular weight is 938 g/mol. The first-order chi connectivity index (χ1) is 33.0. The predicted molar refractivity (Wildman–Crippen MR) is 288 cm³/mol. The van der Waals surface area contributed by atoms with E-state index >= 15 is 0 Å². The third-order valence-electron chi connectivity index (χ3n) is 12.5. The van der Waals surface area contributed by atoms with E-state index in [1.165, 1.54) is 154 Å². The molecule has 0 rings (SSSR count). The molecule has 1 unspecified atom stereocenters. The molecule has 0 amide bonds. The fourth-order valence-corrected chi connectivity index (χ4v) is 8.15. The van der Waals surface area contributed by atoms with E-state index in [1.54, 1.807) is 0 Å². The molecule has 0 aromatic carbocycles. The molecule has 0 N–H and O–H groups in total. The van der Waals surface area contributed by atoms with Crippen LogP contribution in [0.5, 0.6) is 0 Å². The Labute approximate surface area is 415 Å². The fourth-order valence-electron chi connectivity index (χ4n) is 8.15. The molecule has 67 heavy (non-hydrogen) atoms. The van der Waals surface area contributed by atoms with Gasteiger partial charge in [0, 0.05) is 19.3 Å². The molecule has 0 aliphatic heterocycles. The Morgan fingerprint density at radius 3 is 0.940 bits per heavy atom. The Morgan fingerprint density at radius 2 is 0.582 bits per heavy atom. The highest BCUT2D eigenvalue weighted by molar-refractivity contribution is 5.71. The van der Waals surface area contributed by atoms with Crippen LogP contribution in [0.2, 0.25) is 0 Å². The van der Waals surface area contributed by atoms with Gasteiger partial charge in [0.05, 0.1) is 0 Å². The van der Waals surface area contributed by atoms with Gasteiger partial charge in [-0.1, -0.05) is 229 Å². The van der Waals surface area contributed by atoms with Crippen molar-refractivity contribution in [1.82, 2.24) is 0 Å². The highest BCUT2D eigenvalue weighted by atomic mass is 16.6. The van der Waals surface area contributed by atoms with E-state index in [2.05, 4.69) is 81.5 Å². The van der Waals surface area contributed by atoms with Crippen LogP contribution in [0.3, 0.4) is 0 Å².